The van der Waals surface area contributed by atoms with Crippen LogP contribution in [-0.4, -0.2) is 14.9 Å². The molecule has 5 heteroatoms. The summed E-state index contributed by atoms with van der Waals surface area (Å²) in [6.45, 7) is 0.144. The molecule has 22 heavy (non-hydrogen) atoms. The molecule has 3 aromatic rings. The zero-order valence-corrected chi connectivity index (χ0v) is 11.7. The Morgan fingerprint density at radius 3 is 2.77 bits per heavy atom. The summed E-state index contributed by atoms with van der Waals surface area (Å²) >= 11 is 0. The summed E-state index contributed by atoms with van der Waals surface area (Å²) in [5.74, 6) is 0.234. The van der Waals surface area contributed by atoms with E-state index >= 15 is 0 Å². The van der Waals surface area contributed by atoms with E-state index in [1.54, 1.807) is 10.7 Å². The summed E-state index contributed by atoms with van der Waals surface area (Å²) in [6, 6.07) is 14.0. The molecule has 0 amide bonds. The van der Waals surface area contributed by atoms with Crippen LogP contribution >= 0.6 is 0 Å². The smallest absolute Gasteiger partial charge is 0.145 e. The average molecular weight is 296 g/mol. The Bertz CT molecular complexity index is 843. The normalized spacial score (nSPS) is 12.5. The first-order valence-corrected chi connectivity index (χ1v) is 6.97. The number of aromatic nitrogens is 2. The third kappa shape index (κ3) is 1.90. The van der Waals surface area contributed by atoms with E-state index in [1.165, 1.54) is 12.1 Å². The van der Waals surface area contributed by atoms with Crippen LogP contribution in [0.3, 0.4) is 0 Å². The van der Waals surface area contributed by atoms with Crippen molar-refractivity contribution in [2.24, 2.45) is 0 Å². The fourth-order valence-corrected chi connectivity index (χ4v) is 2.81. The molecule has 1 aliphatic heterocycles. The molecule has 0 radical (unpaired) electrons. The van der Waals surface area contributed by atoms with E-state index in [1.807, 2.05) is 30.3 Å². The van der Waals surface area contributed by atoms with Crippen LogP contribution in [0, 0.1) is 5.82 Å². The number of aliphatic hydroxyl groups excluding tert-OH is 1. The summed E-state index contributed by atoms with van der Waals surface area (Å²) in [6.07, 6.45) is 0. The van der Waals surface area contributed by atoms with Gasteiger partial charge in [0.2, 0.25) is 0 Å². The molecule has 0 bridgehead atoms. The molecule has 4 nitrogen and oxygen atoms in total. The second-order valence-electron chi connectivity index (χ2n) is 5.11. The van der Waals surface area contributed by atoms with E-state index in [0.717, 1.165) is 16.8 Å². The molecule has 1 aromatic heterocycles. The monoisotopic (exact) mass is 296 g/mol. The van der Waals surface area contributed by atoms with Gasteiger partial charge < -0.3 is 9.84 Å². The quantitative estimate of drug-likeness (QED) is 0.790. The van der Waals surface area contributed by atoms with Gasteiger partial charge >= 0.3 is 0 Å². The Hall–Kier alpha value is -2.66. The Balaban J connectivity index is 1.97. The zero-order chi connectivity index (χ0) is 15.1. The number of benzene rings is 2. The molecular weight excluding hydrogens is 283 g/mol. The Labute approximate surface area is 126 Å². The van der Waals surface area contributed by atoms with Crippen LogP contribution < -0.4 is 4.74 Å². The minimum Gasteiger partial charge on any atom is -0.485 e. The first-order valence-electron chi connectivity index (χ1n) is 6.97. The molecule has 0 fully saturated rings. The second-order valence-corrected chi connectivity index (χ2v) is 5.11. The van der Waals surface area contributed by atoms with Gasteiger partial charge in [0, 0.05) is 11.6 Å². The lowest BCUT2D eigenvalue weighted by Gasteiger charge is -2.20. The van der Waals surface area contributed by atoms with Crippen LogP contribution in [0.25, 0.3) is 16.8 Å². The summed E-state index contributed by atoms with van der Waals surface area (Å²) in [4.78, 5) is 0. The SMILES string of the molecule is OCc1nn2c(c1-c1ccccc1)COc1ccc(F)cc1-2. The van der Waals surface area contributed by atoms with Crippen molar-refractivity contribution in [1.82, 2.24) is 9.78 Å². The van der Waals surface area contributed by atoms with Crippen LogP contribution in [0.5, 0.6) is 5.75 Å². The number of hydrogen-bond acceptors (Lipinski definition) is 3. The molecule has 0 aliphatic carbocycles. The van der Waals surface area contributed by atoms with Crippen LogP contribution in [0.15, 0.2) is 48.5 Å². The molecule has 2 heterocycles. The Morgan fingerprint density at radius 2 is 2.00 bits per heavy atom. The molecule has 0 saturated carbocycles. The van der Waals surface area contributed by atoms with E-state index in [0.29, 0.717) is 23.7 Å². The highest BCUT2D eigenvalue weighted by molar-refractivity contribution is 5.70. The van der Waals surface area contributed by atoms with Gasteiger partial charge in [0.05, 0.1) is 18.0 Å². The van der Waals surface area contributed by atoms with Crippen LogP contribution in [0.1, 0.15) is 11.4 Å². The maximum atomic E-state index is 13.6. The molecule has 0 unspecified atom stereocenters. The average Bonchev–Trinajstić information content (AvgIpc) is 2.94. The molecule has 0 spiro atoms. The van der Waals surface area contributed by atoms with Gasteiger partial charge in [0.1, 0.15) is 23.9 Å². The Kier molecular flexibility index (Phi) is 2.94. The molecule has 4 rings (SSSR count). The van der Waals surface area contributed by atoms with Gasteiger partial charge in [-0.15, -0.1) is 0 Å². The first kappa shape index (κ1) is 13.0. The third-order valence-corrected chi connectivity index (χ3v) is 3.78. The highest BCUT2D eigenvalue weighted by Crippen LogP contribution is 2.36. The highest BCUT2D eigenvalue weighted by atomic mass is 19.1. The van der Waals surface area contributed by atoms with Crippen molar-refractivity contribution in [2.45, 2.75) is 13.2 Å². The molecular formula is C17H13FN2O2. The van der Waals surface area contributed by atoms with Gasteiger partial charge in [-0.1, -0.05) is 30.3 Å². The summed E-state index contributed by atoms with van der Waals surface area (Å²) in [5.41, 5.74) is 3.72. The maximum Gasteiger partial charge on any atom is 0.145 e. The van der Waals surface area contributed by atoms with Gasteiger partial charge in [0.15, 0.2) is 0 Å². The van der Waals surface area contributed by atoms with Crippen molar-refractivity contribution in [3.8, 4) is 22.6 Å². The van der Waals surface area contributed by atoms with Crippen molar-refractivity contribution in [3.63, 3.8) is 0 Å². The first-order chi connectivity index (χ1) is 10.8. The minimum absolute atomic E-state index is 0.186. The van der Waals surface area contributed by atoms with E-state index in [9.17, 15) is 9.50 Å². The fraction of sp³-hybridized carbons (Fsp3) is 0.118. The summed E-state index contributed by atoms with van der Waals surface area (Å²) in [5, 5.41) is 14.1. The number of rotatable bonds is 2. The highest BCUT2D eigenvalue weighted by Gasteiger charge is 2.25. The van der Waals surface area contributed by atoms with Crippen molar-refractivity contribution < 1.29 is 14.2 Å². The van der Waals surface area contributed by atoms with E-state index in [2.05, 4.69) is 5.10 Å². The van der Waals surface area contributed by atoms with Crippen molar-refractivity contribution in [2.75, 3.05) is 0 Å². The molecule has 2 aromatic carbocycles. The lowest BCUT2D eigenvalue weighted by molar-refractivity contribution is 0.274. The van der Waals surface area contributed by atoms with E-state index < -0.39 is 0 Å². The fourth-order valence-electron chi connectivity index (χ4n) is 2.81. The lowest BCUT2D eigenvalue weighted by Crippen LogP contribution is -2.14. The van der Waals surface area contributed by atoms with Crippen molar-refractivity contribution >= 4 is 0 Å². The van der Waals surface area contributed by atoms with Gasteiger partial charge in [-0.2, -0.15) is 5.10 Å². The number of nitrogens with zero attached hydrogens (tertiary/aromatic N) is 2. The molecule has 1 aliphatic rings. The molecule has 0 saturated heterocycles. The number of ether oxygens (including phenoxy) is 1. The predicted octanol–water partition coefficient (Wildman–Crippen LogP) is 3.06. The number of hydrogen-bond donors (Lipinski definition) is 1. The number of halogens is 1. The molecule has 1 N–H and O–H groups in total. The summed E-state index contributed by atoms with van der Waals surface area (Å²) in [7, 11) is 0. The third-order valence-electron chi connectivity index (χ3n) is 3.78. The minimum atomic E-state index is -0.350. The van der Waals surface area contributed by atoms with Gasteiger partial charge in [-0.05, 0) is 17.7 Å². The van der Waals surface area contributed by atoms with Gasteiger partial charge in [-0.3, -0.25) is 0 Å². The largest absolute Gasteiger partial charge is 0.485 e. The van der Waals surface area contributed by atoms with Crippen LogP contribution in [-0.2, 0) is 13.2 Å². The van der Waals surface area contributed by atoms with Gasteiger partial charge in [-0.25, -0.2) is 9.07 Å². The van der Waals surface area contributed by atoms with Crippen molar-refractivity contribution in [3.05, 3.63) is 65.7 Å². The second kappa shape index (κ2) is 4.96. The zero-order valence-electron chi connectivity index (χ0n) is 11.7. The van der Waals surface area contributed by atoms with E-state index in [4.69, 9.17) is 4.74 Å². The van der Waals surface area contributed by atoms with Crippen molar-refractivity contribution in [1.29, 1.82) is 0 Å². The molecule has 110 valence electrons. The summed E-state index contributed by atoms with van der Waals surface area (Å²) < 4.78 is 20.9. The maximum absolute atomic E-state index is 13.6. The number of aliphatic hydroxyl groups is 1. The van der Waals surface area contributed by atoms with Crippen LogP contribution in [0.4, 0.5) is 4.39 Å². The van der Waals surface area contributed by atoms with Gasteiger partial charge in [0.25, 0.3) is 0 Å². The number of fused-ring (bicyclic) bond motifs is 3. The van der Waals surface area contributed by atoms with E-state index in [-0.39, 0.29) is 12.4 Å². The topological polar surface area (TPSA) is 47.3 Å². The predicted molar refractivity (Wildman–Crippen MR) is 79.2 cm³/mol. The molecule has 0 atom stereocenters. The lowest BCUT2D eigenvalue weighted by atomic mass is 10.0. The van der Waals surface area contributed by atoms with Crippen LogP contribution in [0.2, 0.25) is 0 Å². The standard InChI is InChI=1S/C17H13FN2O2/c18-12-6-7-16-14(8-12)20-15(10-22-16)17(13(9-21)19-20)11-4-2-1-3-5-11/h1-8,21H,9-10H2. The Morgan fingerprint density at radius 1 is 1.18 bits per heavy atom.